The maximum Gasteiger partial charge on any atom is 0.254 e. The Bertz CT molecular complexity index is 666. The number of hydrogen-bond acceptors (Lipinski definition) is 4. The SMILES string of the molecule is CN(C)C(=O)c1ccc(NS(C)(=O)=O)cc1C(=O)N(C)C. The van der Waals surface area contributed by atoms with Gasteiger partial charge in [0.25, 0.3) is 11.8 Å². The number of anilines is 1. The Morgan fingerprint density at radius 3 is 1.86 bits per heavy atom. The molecule has 0 radical (unpaired) electrons. The fourth-order valence-corrected chi connectivity index (χ4v) is 2.22. The normalized spacial score (nSPS) is 10.9. The lowest BCUT2D eigenvalue weighted by molar-refractivity contribution is 0.0790. The minimum Gasteiger partial charge on any atom is -0.345 e. The molecular weight excluding hydrogens is 294 g/mol. The van der Waals surface area contributed by atoms with E-state index in [0.717, 1.165) is 6.26 Å². The first kappa shape index (κ1) is 17.0. The molecule has 0 bridgehead atoms. The standard InChI is InChI=1S/C13H19N3O4S/c1-15(2)12(17)10-7-6-9(14-21(5,19)20)8-11(10)13(18)16(3)4/h6-8,14H,1-5H3. The van der Waals surface area contributed by atoms with Crippen molar-refractivity contribution in [3.05, 3.63) is 29.3 Å². The summed E-state index contributed by atoms with van der Waals surface area (Å²) in [5.74, 6) is -0.705. The second-order valence-corrected chi connectivity index (χ2v) is 6.78. The van der Waals surface area contributed by atoms with Crippen LogP contribution in [-0.4, -0.2) is 64.5 Å². The van der Waals surface area contributed by atoms with Gasteiger partial charge < -0.3 is 9.80 Å². The van der Waals surface area contributed by atoms with Crippen molar-refractivity contribution in [2.75, 3.05) is 39.2 Å². The Kier molecular flexibility index (Phi) is 4.95. The van der Waals surface area contributed by atoms with E-state index in [-0.39, 0.29) is 28.6 Å². The average Bonchev–Trinajstić information content (AvgIpc) is 2.34. The van der Waals surface area contributed by atoms with Gasteiger partial charge in [0, 0.05) is 33.9 Å². The maximum atomic E-state index is 12.2. The number of carbonyl (C=O) groups excluding carboxylic acids is 2. The first-order valence-corrected chi connectivity index (χ1v) is 7.97. The quantitative estimate of drug-likeness (QED) is 0.875. The van der Waals surface area contributed by atoms with Gasteiger partial charge in [-0.1, -0.05) is 0 Å². The van der Waals surface area contributed by atoms with Gasteiger partial charge >= 0.3 is 0 Å². The van der Waals surface area contributed by atoms with E-state index in [1.165, 1.54) is 28.0 Å². The molecule has 0 saturated carbocycles. The molecule has 0 fully saturated rings. The van der Waals surface area contributed by atoms with Gasteiger partial charge in [-0.05, 0) is 18.2 Å². The van der Waals surface area contributed by atoms with Crippen LogP contribution in [-0.2, 0) is 10.0 Å². The topological polar surface area (TPSA) is 86.8 Å². The molecule has 1 aromatic carbocycles. The third kappa shape index (κ3) is 4.45. The summed E-state index contributed by atoms with van der Waals surface area (Å²) in [4.78, 5) is 27.0. The molecule has 1 rings (SSSR count). The third-order valence-corrected chi connectivity index (χ3v) is 3.20. The van der Waals surface area contributed by atoms with Crippen LogP contribution in [0.2, 0.25) is 0 Å². The summed E-state index contributed by atoms with van der Waals surface area (Å²) in [6, 6.07) is 4.25. The largest absolute Gasteiger partial charge is 0.345 e. The molecule has 0 unspecified atom stereocenters. The van der Waals surface area contributed by atoms with Crippen LogP contribution in [0.25, 0.3) is 0 Å². The monoisotopic (exact) mass is 313 g/mol. The lowest BCUT2D eigenvalue weighted by Crippen LogP contribution is -2.28. The molecule has 8 heteroatoms. The summed E-state index contributed by atoms with van der Waals surface area (Å²) in [6.45, 7) is 0. The van der Waals surface area contributed by atoms with Crippen molar-refractivity contribution in [3.63, 3.8) is 0 Å². The summed E-state index contributed by atoms with van der Waals surface area (Å²) in [7, 11) is 2.81. The highest BCUT2D eigenvalue weighted by molar-refractivity contribution is 7.92. The summed E-state index contributed by atoms with van der Waals surface area (Å²) < 4.78 is 24.8. The molecule has 1 aromatic rings. The van der Waals surface area contributed by atoms with Crippen LogP contribution in [0.5, 0.6) is 0 Å². The molecule has 7 nitrogen and oxygen atoms in total. The lowest BCUT2D eigenvalue weighted by atomic mass is 10.0. The molecule has 21 heavy (non-hydrogen) atoms. The smallest absolute Gasteiger partial charge is 0.254 e. The van der Waals surface area contributed by atoms with E-state index in [1.54, 1.807) is 28.2 Å². The van der Waals surface area contributed by atoms with Gasteiger partial charge in [0.15, 0.2) is 0 Å². The lowest BCUT2D eigenvalue weighted by Gasteiger charge is -2.17. The molecule has 116 valence electrons. The van der Waals surface area contributed by atoms with Crippen LogP contribution in [0, 0.1) is 0 Å². The molecule has 0 aliphatic carbocycles. The van der Waals surface area contributed by atoms with Crippen molar-refractivity contribution in [2.45, 2.75) is 0 Å². The Labute approximate surface area is 124 Å². The van der Waals surface area contributed by atoms with Crippen LogP contribution in [0.3, 0.4) is 0 Å². The van der Waals surface area contributed by atoms with Gasteiger partial charge in [0.05, 0.1) is 17.4 Å². The number of nitrogens with one attached hydrogen (secondary N) is 1. The zero-order valence-electron chi connectivity index (χ0n) is 12.7. The first-order valence-electron chi connectivity index (χ1n) is 6.08. The predicted octanol–water partition coefficient (Wildman–Crippen LogP) is 0.462. The van der Waals surface area contributed by atoms with Crippen LogP contribution < -0.4 is 4.72 Å². The molecule has 0 heterocycles. The van der Waals surface area contributed by atoms with Crippen molar-refractivity contribution >= 4 is 27.5 Å². The van der Waals surface area contributed by atoms with Gasteiger partial charge in [-0.15, -0.1) is 0 Å². The van der Waals surface area contributed by atoms with E-state index < -0.39 is 10.0 Å². The first-order chi connectivity index (χ1) is 9.53. The number of nitrogens with zero attached hydrogens (tertiary/aromatic N) is 2. The molecule has 0 aliphatic heterocycles. The minimum absolute atomic E-state index is 0.146. The van der Waals surface area contributed by atoms with E-state index in [0.29, 0.717) is 0 Å². The zero-order chi connectivity index (χ0) is 16.4. The minimum atomic E-state index is -3.46. The van der Waals surface area contributed by atoms with Gasteiger partial charge in [-0.3, -0.25) is 14.3 Å². The Hall–Kier alpha value is -2.09. The molecule has 1 N–H and O–H groups in total. The number of sulfonamides is 1. The van der Waals surface area contributed by atoms with Crippen LogP contribution >= 0.6 is 0 Å². The molecule has 0 saturated heterocycles. The van der Waals surface area contributed by atoms with Gasteiger partial charge in [-0.25, -0.2) is 8.42 Å². The molecule has 0 aliphatic rings. The van der Waals surface area contributed by atoms with Gasteiger partial charge in [0.2, 0.25) is 10.0 Å². The van der Waals surface area contributed by atoms with E-state index >= 15 is 0 Å². The average molecular weight is 313 g/mol. The highest BCUT2D eigenvalue weighted by Gasteiger charge is 2.20. The number of benzene rings is 1. The number of rotatable bonds is 4. The summed E-state index contributed by atoms with van der Waals surface area (Å²) in [6.07, 6.45) is 1.01. The molecule has 0 aromatic heterocycles. The number of carbonyl (C=O) groups is 2. The van der Waals surface area contributed by atoms with Crippen LogP contribution in [0.15, 0.2) is 18.2 Å². The van der Waals surface area contributed by atoms with E-state index in [9.17, 15) is 18.0 Å². The molecule has 2 amide bonds. The highest BCUT2D eigenvalue weighted by atomic mass is 32.2. The van der Waals surface area contributed by atoms with Crippen molar-refractivity contribution in [1.29, 1.82) is 0 Å². The van der Waals surface area contributed by atoms with Gasteiger partial charge in [0.1, 0.15) is 0 Å². The maximum absolute atomic E-state index is 12.2. The second kappa shape index (κ2) is 6.13. The van der Waals surface area contributed by atoms with Gasteiger partial charge in [-0.2, -0.15) is 0 Å². The van der Waals surface area contributed by atoms with E-state index in [1.807, 2.05) is 0 Å². The highest BCUT2D eigenvalue weighted by Crippen LogP contribution is 2.19. The number of amides is 2. The second-order valence-electron chi connectivity index (χ2n) is 5.03. The summed E-state index contributed by atoms with van der Waals surface area (Å²) >= 11 is 0. The molecule has 0 atom stereocenters. The molecule has 0 spiro atoms. The van der Waals surface area contributed by atoms with Crippen LogP contribution in [0.1, 0.15) is 20.7 Å². The Morgan fingerprint density at radius 2 is 1.43 bits per heavy atom. The van der Waals surface area contributed by atoms with Crippen molar-refractivity contribution in [1.82, 2.24) is 9.80 Å². The Morgan fingerprint density at radius 1 is 0.952 bits per heavy atom. The van der Waals surface area contributed by atoms with E-state index in [2.05, 4.69) is 4.72 Å². The van der Waals surface area contributed by atoms with Crippen molar-refractivity contribution in [3.8, 4) is 0 Å². The van der Waals surface area contributed by atoms with E-state index in [4.69, 9.17) is 0 Å². The summed E-state index contributed by atoms with van der Waals surface area (Å²) in [5.41, 5.74) is 0.600. The van der Waals surface area contributed by atoms with Crippen molar-refractivity contribution < 1.29 is 18.0 Å². The fraction of sp³-hybridized carbons (Fsp3) is 0.385. The Balaban J connectivity index is 3.40. The van der Waals surface area contributed by atoms with Crippen molar-refractivity contribution in [2.24, 2.45) is 0 Å². The fourth-order valence-electron chi connectivity index (χ4n) is 1.67. The number of hydrogen-bond donors (Lipinski definition) is 1. The predicted molar refractivity (Wildman–Crippen MR) is 80.9 cm³/mol. The third-order valence-electron chi connectivity index (χ3n) is 2.60. The summed E-state index contributed by atoms with van der Waals surface area (Å²) in [5, 5.41) is 0. The van der Waals surface area contributed by atoms with Crippen LogP contribution in [0.4, 0.5) is 5.69 Å². The zero-order valence-corrected chi connectivity index (χ0v) is 13.5. The molecular formula is C13H19N3O4S.